The van der Waals surface area contributed by atoms with Gasteiger partial charge in [0.25, 0.3) is 5.91 Å². The fourth-order valence-electron chi connectivity index (χ4n) is 2.21. The second-order valence-corrected chi connectivity index (χ2v) is 6.26. The zero-order valence-electron chi connectivity index (χ0n) is 10.6. The van der Waals surface area contributed by atoms with Gasteiger partial charge in [0.1, 0.15) is 0 Å². The monoisotopic (exact) mass is 393 g/mol. The van der Waals surface area contributed by atoms with E-state index in [0.717, 1.165) is 16.4 Å². The highest BCUT2D eigenvalue weighted by Crippen LogP contribution is 2.20. The van der Waals surface area contributed by atoms with Gasteiger partial charge in [-0.2, -0.15) is 0 Å². The number of rotatable bonds is 5. The number of ether oxygens (including phenoxy) is 1. The van der Waals surface area contributed by atoms with Crippen LogP contribution in [0.4, 0.5) is 0 Å². The van der Waals surface area contributed by atoms with Gasteiger partial charge >= 0.3 is 0 Å². The van der Waals surface area contributed by atoms with Crippen LogP contribution in [-0.4, -0.2) is 25.2 Å². The number of benzene rings is 1. The standard InChI is InChI=1S/C14H17ClINO2/c15-10-5-6-13(16)12(9-10)14(18)17-7-8-19-11-3-1-2-4-11/h5-6,9,11H,1-4,7-8H2,(H,17,18). The highest BCUT2D eigenvalue weighted by Gasteiger charge is 2.15. The molecule has 0 aliphatic heterocycles. The minimum atomic E-state index is -0.0954. The third-order valence-electron chi connectivity index (χ3n) is 3.22. The fourth-order valence-corrected chi connectivity index (χ4v) is 2.96. The molecule has 1 aliphatic carbocycles. The van der Waals surface area contributed by atoms with Gasteiger partial charge in [0.15, 0.2) is 0 Å². The van der Waals surface area contributed by atoms with Crippen molar-refractivity contribution >= 4 is 40.1 Å². The van der Waals surface area contributed by atoms with E-state index in [-0.39, 0.29) is 5.91 Å². The van der Waals surface area contributed by atoms with Gasteiger partial charge in [0.05, 0.1) is 18.3 Å². The zero-order valence-corrected chi connectivity index (χ0v) is 13.5. The first-order valence-electron chi connectivity index (χ1n) is 6.51. The molecule has 19 heavy (non-hydrogen) atoms. The third-order valence-corrected chi connectivity index (χ3v) is 4.39. The van der Waals surface area contributed by atoms with Gasteiger partial charge in [-0.25, -0.2) is 0 Å². The van der Waals surface area contributed by atoms with E-state index in [1.807, 2.05) is 6.07 Å². The summed E-state index contributed by atoms with van der Waals surface area (Å²) in [5.41, 5.74) is 0.619. The minimum absolute atomic E-state index is 0.0954. The minimum Gasteiger partial charge on any atom is -0.376 e. The SMILES string of the molecule is O=C(NCCOC1CCCC1)c1cc(Cl)ccc1I. The Labute approximate surface area is 132 Å². The van der Waals surface area contributed by atoms with Crippen molar-refractivity contribution in [1.29, 1.82) is 0 Å². The lowest BCUT2D eigenvalue weighted by Crippen LogP contribution is -2.29. The van der Waals surface area contributed by atoms with E-state index in [1.165, 1.54) is 12.8 Å². The van der Waals surface area contributed by atoms with Crippen LogP contribution in [0.5, 0.6) is 0 Å². The second kappa shape index (κ2) is 7.45. The molecule has 0 aromatic heterocycles. The largest absolute Gasteiger partial charge is 0.376 e. The maximum Gasteiger partial charge on any atom is 0.252 e. The number of halogens is 2. The van der Waals surface area contributed by atoms with Crippen LogP contribution < -0.4 is 5.32 Å². The number of hydrogen-bond acceptors (Lipinski definition) is 2. The Hall–Kier alpha value is -0.330. The summed E-state index contributed by atoms with van der Waals surface area (Å²) in [7, 11) is 0. The van der Waals surface area contributed by atoms with Crippen molar-refractivity contribution in [2.45, 2.75) is 31.8 Å². The average molecular weight is 394 g/mol. The molecule has 1 N–H and O–H groups in total. The van der Waals surface area contributed by atoms with Crippen LogP contribution >= 0.6 is 34.2 Å². The molecule has 0 heterocycles. The normalized spacial score (nSPS) is 15.7. The first-order chi connectivity index (χ1) is 9.16. The lowest BCUT2D eigenvalue weighted by molar-refractivity contribution is 0.0581. The van der Waals surface area contributed by atoms with Crippen molar-refractivity contribution < 1.29 is 9.53 Å². The summed E-state index contributed by atoms with van der Waals surface area (Å²) in [5, 5.41) is 3.44. The van der Waals surface area contributed by atoms with Gasteiger partial charge in [-0.3, -0.25) is 4.79 Å². The van der Waals surface area contributed by atoms with Crippen molar-refractivity contribution in [3.8, 4) is 0 Å². The molecule has 104 valence electrons. The van der Waals surface area contributed by atoms with Crippen LogP contribution in [0, 0.1) is 3.57 Å². The smallest absolute Gasteiger partial charge is 0.252 e. The number of nitrogens with one attached hydrogen (secondary N) is 1. The van der Waals surface area contributed by atoms with E-state index < -0.39 is 0 Å². The molecule has 0 radical (unpaired) electrons. The molecule has 1 aliphatic rings. The van der Waals surface area contributed by atoms with Gasteiger partial charge in [-0.05, 0) is 53.6 Å². The van der Waals surface area contributed by atoms with Gasteiger partial charge in [-0.1, -0.05) is 24.4 Å². The van der Waals surface area contributed by atoms with E-state index in [1.54, 1.807) is 12.1 Å². The predicted molar refractivity (Wildman–Crippen MR) is 84.7 cm³/mol. The molecule has 0 bridgehead atoms. The Kier molecular flexibility index (Phi) is 5.91. The van der Waals surface area contributed by atoms with E-state index in [2.05, 4.69) is 27.9 Å². The Balaban J connectivity index is 1.75. The molecule has 0 unspecified atom stereocenters. The molecule has 1 saturated carbocycles. The van der Waals surface area contributed by atoms with Gasteiger partial charge in [-0.15, -0.1) is 0 Å². The fraction of sp³-hybridized carbons (Fsp3) is 0.500. The molecule has 1 fully saturated rings. The zero-order chi connectivity index (χ0) is 13.7. The second-order valence-electron chi connectivity index (χ2n) is 4.66. The van der Waals surface area contributed by atoms with Crippen molar-refractivity contribution in [3.63, 3.8) is 0 Å². The molecule has 2 rings (SSSR count). The highest BCUT2D eigenvalue weighted by molar-refractivity contribution is 14.1. The quantitative estimate of drug-likeness (QED) is 0.613. The van der Waals surface area contributed by atoms with E-state index in [4.69, 9.17) is 16.3 Å². The molecule has 1 amide bonds. The number of carbonyl (C=O) groups excluding carboxylic acids is 1. The predicted octanol–water partition coefficient (Wildman–Crippen LogP) is 3.63. The number of carbonyl (C=O) groups is 1. The van der Waals surface area contributed by atoms with Gasteiger partial charge in [0, 0.05) is 15.1 Å². The van der Waals surface area contributed by atoms with Crippen molar-refractivity contribution in [3.05, 3.63) is 32.4 Å². The summed E-state index contributed by atoms with van der Waals surface area (Å²) in [6.45, 7) is 1.12. The Morgan fingerprint density at radius 3 is 2.89 bits per heavy atom. The van der Waals surface area contributed by atoms with E-state index in [0.29, 0.717) is 29.8 Å². The van der Waals surface area contributed by atoms with Crippen molar-refractivity contribution in [2.75, 3.05) is 13.2 Å². The van der Waals surface area contributed by atoms with Crippen LogP contribution in [0.3, 0.4) is 0 Å². The Morgan fingerprint density at radius 1 is 1.42 bits per heavy atom. The van der Waals surface area contributed by atoms with Crippen molar-refractivity contribution in [2.24, 2.45) is 0 Å². The van der Waals surface area contributed by atoms with Gasteiger partial charge in [0.2, 0.25) is 0 Å². The average Bonchev–Trinajstić information content (AvgIpc) is 2.90. The first-order valence-corrected chi connectivity index (χ1v) is 7.97. The topological polar surface area (TPSA) is 38.3 Å². The lowest BCUT2D eigenvalue weighted by Gasteiger charge is -2.12. The highest BCUT2D eigenvalue weighted by atomic mass is 127. The van der Waals surface area contributed by atoms with Crippen LogP contribution in [-0.2, 0) is 4.74 Å². The Bertz CT molecular complexity index is 447. The summed E-state index contributed by atoms with van der Waals surface area (Å²) in [4.78, 5) is 12.0. The molecule has 0 atom stereocenters. The maximum atomic E-state index is 12.0. The van der Waals surface area contributed by atoms with Crippen LogP contribution in [0.25, 0.3) is 0 Å². The summed E-state index contributed by atoms with van der Waals surface area (Å²) in [6, 6.07) is 5.31. The van der Waals surface area contributed by atoms with Crippen LogP contribution in [0.1, 0.15) is 36.0 Å². The molecule has 5 heteroatoms. The number of amides is 1. The first kappa shape index (κ1) is 15.1. The molecule has 0 spiro atoms. The maximum absolute atomic E-state index is 12.0. The molecular formula is C14H17ClINO2. The summed E-state index contributed by atoms with van der Waals surface area (Å²) in [6.07, 6.45) is 5.22. The molecule has 0 saturated heterocycles. The Morgan fingerprint density at radius 2 is 2.16 bits per heavy atom. The molecule has 1 aromatic rings. The van der Waals surface area contributed by atoms with Gasteiger partial charge < -0.3 is 10.1 Å². The summed E-state index contributed by atoms with van der Waals surface area (Å²) < 4.78 is 6.60. The molecule has 3 nitrogen and oxygen atoms in total. The van der Waals surface area contributed by atoms with Crippen LogP contribution in [0.15, 0.2) is 18.2 Å². The number of hydrogen-bond donors (Lipinski definition) is 1. The van der Waals surface area contributed by atoms with E-state index >= 15 is 0 Å². The molecular weight excluding hydrogens is 377 g/mol. The van der Waals surface area contributed by atoms with Crippen LogP contribution in [0.2, 0.25) is 5.02 Å². The lowest BCUT2D eigenvalue weighted by atomic mass is 10.2. The molecule has 1 aromatic carbocycles. The summed E-state index contributed by atoms with van der Waals surface area (Å²) in [5.74, 6) is -0.0954. The third kappa shape index (κ3) is 4.61. The van der Waals surface area contributed by atoms with E-state index in [9.17, 15) is 4.79 Å². The summed E-state index contributed by atoms with van der Waals surface area (Å²) >= 11 is 8.03. The van der Waals surface area contributed by atoms with Crippen molar-refractivity contribution in [1.82, 2.24) is 5.32 Å².